The normalized spacial score (nSPS) is 14.4. The van der Waals surface area contributed by atoms with E-state index in [1.807, 2.05) is 11.8 Å². The fourth-order valence-electron chi connectivity index (χ4n) is 4.10. The summed E-state index contributed by atoms with van der Waals surface area (Å²) >= 11 is 6.17. The van der Waals surface area contributed by atoms with Crippen molar-refractivity contribution in [2.45, 2.75) is 18.4 Å². The van der Waals surface area contributed by atoms with Crippen LogP contribution >= 0.6 is 11.6 Å². The lowest BCUT2D eigenvalue weighted by Crippen LogP contribution is -2.52. The summed E-state index contributed by atoms with van der Waals surface area (Å²) in [7, 11) is -4.14. The summed E-state index contributed by atoms with van der Waals surface area (Å²) in [5.41, 5.74) is 1.33. The molecular weight excluding hydrogens is 508 g/mol. The number of hydrogen-bond donors (Lipinski definition) is 0. The molecule has 190 valence electrons. The summed E-state index contributed by atoms with van der Waals surface area (Å²) in [6, 6.07) is 16.8. The first kappa shape index (κ1) is 26.1. The van der Waals surface area contributed by atoms with Crippen LogP contribution in [-0.2, 0) is 21.4 Å². The lowest BCUT2D eigenvalue weighted by molar-refractivity contribution is -0.131. The van der Waals surface area contributed by atoms with Crippen LogP contribution in [0.5, 0.6) is 0 Å². The first-order valence-corrected chi connectivity index (χ1v) is 13.3. The molecule has 0 unspecified atom stereocenters. The molecule has 0 aromatic heterocycles. The van der Waals surface area contributed by atoms with Crippen LogP contribution < -0.4 is 4.90 Å². The van der Waals surface area contributed by atoms with Gasteiger partial charge in [0.05, 0.1) is 17.1 Å². The molecule has 1 saturated heterocycles. The van der Waals surface area contributed by atoms with Crippen molar-refractivity contribution in [1.82, 2.24) is 9.21 Å². The Bertz CT molecular complexity index is 1320. The molecule has 4 rings (SSSR count). The van der Waals surface area contributed by atoms with Gasteiger partial charge in [0, 0.05) is 43.3 Å². The molecule has 36 heavy (non-hydrogen) atoms. The maximum atomic E-state index is 14.5. The molecule has 0 saturated carbocycles. The molecule has 0 N–H and O–H groups in total. The largest absolute Gasteiger partial charge is 0.366 e. The van der Waals surface area contributed by atoms with E-state index in [0.29, 0.717) is 31.9 Å². The minimum absolute atomic E-state index is 0.00210. The number of sulfonamides is 1. The fourth-order valence-corrected chi connectivity index (χ4v) is 5.68. The summed E-state index contributed by atoms with van der Waals surface area (Å²) in [6.45, 7) is 2.34. The van der Waals surface area contributed by atoms with Crippen molar-refractivity contribution in [3.63, 3.8) is 0 Å². The van der Waals surface area contributed by atoms with Gasteiger partial charge >= 0.3 is 0 Å². The third kappa shape index (κ3) is 5.69. The predicted molar refractivity (Wildman–Crippen MR) is 135 cm³/mol. The van der Waals surface area contributed by atoms with Crippen molar-refractivity contribution < 1.29 is 22.0 Å². The molecule has 6 nitrogen and oxygen atoms in total. The Morgan fingerprint density at radius 1 is 0.917 bits per heavy atom. The standard InChI is InChI=1S/C26H26ClF2N3O3S/c1-19-9-11-20(12-10-19)36(34,35)32(17-21-22(27)5-4-7-23(21)28)18-26(33)31-15-13-30(14-16-31)25-8-3-2-6-24(25)29/h2-12H,13-18H2,1H3. The highest BCUT2D eigenvalue weighted by Crippen LogP contribution is 2.26. The van der Waals surface area contributed by atoms with Crippen LogP contribution in [-0.4, -0.2) is 56.3 Å². The van der Waals surface area contributed by atoms with Crippen molar-refractivity contribution in [2.75, 3.05) is 37.6 Å². The van der Waals surface area contributed by atoms with Gasteiger partial charge in [-0.3, -0.25) is 4.79 Å². The van der Waals surface area contributed by atoms with Crippen LogP contribution in [0.1, 0.15) is 11.1 Å². The molecule has 0 aliphatic carbocycles. The minimum atomic E-state index is -4.14. The first-order valence-electron chi connectivity index (χ1n) is 11.4. The first-order chi connectivity index (χ1) is 17.2. The Balaban J connectivity index is 1.54. The highest BCUT2D eigenvalue weighted by Gasteiger charge is 2.31. The van der Waals surface area contributed by atoms with Crippen LogP contribution in [0, 0.1) is 18.6 Å². The van der Waals surface area contributed by atoms with Crippen molar-refractivity contribution >= 4 is 33.2 Å². The number of benzene rings is 3. The number of hydrogen-bond acceptors (Lipinski definition) is 4. The van der Waals surface area contributed by atoms with Gasteiger partial charge in [0.1, 0.15) is 11.6 Å². The van der Waals surface area contributed by atoms with Crippen LogP contribution in [0.4, 0.5) is 14.5 Å². The number of carbonyl (C=O) groups excluding carboxylic acids is 1. The molecule has 0 atom stereocenters. The summed E-state index contributed by atoms with van der Waals surface area (Å²) in [5, 5.41) is 0.0741. The van der Waals surface area contributed by atoms with E-state index in [-0.39, 0.29) is 21.3 Å². The topological polar surface area (TPSA) is 60.9 Å². The molecule has 0 radical (unpaired) electrons. The van der Waals surface area contributed by atoms with E-state index in [2.05, 4.69) is 0 Å². The maximum Gasteiger partial charge on any atom is 0.243 e. The van der Waals surface area contributed by atoms with Crippen molar-refractivity contribution in [1.29, 1.82) is 0 Å². The Labute approximate surface area is 214 Å². The molecule has 1 amide bonds. The third-order valence-electron chi connectivity index (χ3n) is 6.19. The molecule has 0 bridgehead atoms. The van der Waals surface area contributed by atoms with Gasteiger partial charge in [-0.1, -0.05) is 47.5 Å². The van der Waals surface area contributed by atoms with Crippen LogP contribution in [0.3, 0.4) is 0 Å². The number of aryl methyl sites for hydroxylation is 1. The molecule has 1 aliphatic heterocycles. The Kier molecular flexibility index (Phi) is 7.92. The quantitative estimate of drug-likeness (QED) is 0.450. The summed E-state index contributed by atoms with van der Waals surface area (Å²) in [4.78, 5) is 16.6. The SMILES string of the molecule is Cc1ccc(S(=O)(=O)N(CC(=O)N2CCN(c3ccccc3F)CC2)Cc2c(F)cccc2Cl)cc1. The molecule has 1 fully saturated rings. The number of anilines is 1. The van der Waals surface area contributed by atoms with Gasteiger partial charge < -0.3 is 9.80 Å². The van der Waals surface area contributed by atoms with Crippen LogP contribution in [0.25, 0.3) is 0 Å². The van der Waals surface area contributed by atoms with Gasteiger partial charge in [-0.15, -0.1) is 0 Å². The second kappa shape index (κ2) is 10.9. The number of nitrogens with zero attached hydrogens (tertiary/aromatic N) is 3. The smallest absolute Gasteiger partial charge is 0.243 e. The molecule has 1 heterocycles. The van der Waals surface area contributed by atoms with E-state index in [4.69, 9.17) is 11.6 Å². The second-order valence-electron chi connectivity index (χ2n) is 8.61. The number of halogens is 3. The number of amides is 1. The van der Waals surface area contributed by atoms with Gasteiger partial charge in [0.2, 0.25) is 15.9 Å². The Morgan fingerprint density at radius 2 is 1.56 bits per heavy atom. The Morgan fingerprint density at radius 3 is 2.19 bits per heavy atom. The number of para-hydroxylation sites is 1. The van der Waals surface area contributed by atoms with Crippen LogP contribution in [0.15, 0.2) is 71.6 Å². The van der Waals surface area contributed by atoms with Crippen molar-refractivity contribution in [3.05, 3.63) is 94.5 Å². The molecule has 3 aromatic rings. The van der Waals surface area contributed by atoms with E-state index >= 15 is 0 Å². The highest BCUT2D eigenvalue weighted by molar-refractivity contribution is 7.89. The van der Waals surface area contributed by atoms with E-state index in [1.54, 1.807) is 30.3 Å². The van der Waals surface area contributed by atoms with Gasteiger partial charge in [0.15, 0.2) is 0 Å². The number of piperazine rings is 1. The molecule has 0 spiro atoms. The maximum absolute atomic E-state index is 14.5. The fraction of sp³-hybridized carbons (Fsp3) is 0.269. The van der Waals surface area contributed by atoms with Gasteiger partial charge in [0.25, 0.3) is 0 Å². The zero-order valence-corrected chi connectivity index (χ0v) is 21.3. The molecular formula is C26H26ClF2N3O3S. The monoisotopic (exact) mass is 533 g/mol. The van der Waals surface area contributed by atoms with Crippen LogP contribution in [0.2, 0.25) is 5.02 Å². The zero-order valence-electron chi connectivity index (χ0n) is 19.7. The summed E-state index contributed by atoms with van der Waals surface area (Å²) in [5.74, 6) is -1.42. The summed E-state index contributed by atoms with van der Waals surface area (Å²) in [6.07, 6.45) is 0. The predicted octanol–water partition coefficient (Wildman–Crippen LogP) is 4.47. The zero-order chi connectivity index (χ0) is 25.9. The van der Waals surface area contributed by atoms with Crippen molar-refractivity contribution in [2.24, 2.45) is 0 Å². The van der Waals surface area contributed by atoms with E-state index in [0.717, 1.165) is 9.87 Å². The van der Waals surface area contributed by atoms with Crippen molar-refractivity contribution in [3.8, 4) is 0 Å². The summed E-state index contributed by atoms with van der Waals surface area (Å²) < 4.78 is 56.7. The lowest BCUT2D eigenvalue weighted by Gasteiger charge is -2.37. The molecule has 10 heteroatoms. The average Bonchev–Trinajstić information content (AvgIpc) is 2.86. The number of rotatable bonds is 7. The van der Waals surface area contributed by atoms with Gasteiger partial charge in [-0.25, -0.2) is 17.2 Å². The number of carbonyl (C=O) groups is 1. The lowest BCUT2D eigenvalue weighted by atomic mass is 10.2. The average molecular weight is 534 g/mol. The Hall–Kier alpha value is -3.01. The molecule has 3 aromatic carbocycles. The van der Waals surface area contributed by atoms with E-state index in [9.17, 15) is 22.0 Å². The van der Waals surface area contributed by atoms with E-state index < -0.39 is 34.8 Å². The van der Waals surface area contributed by atoms with Gasteiger partial charge in [-0.05, 0) is 43.3 Å². The second-order valence-corrected chi connectivity index (χ2v) is 11.0. The van der Waals surface area contributed by atoms with E-state index in [1.165, 1.54) is 41.3 Å². The third-order valence-corrected chi connectivity index (χ3v) is 8.35. The highest BCUT2D eigenvalue weighted by atomic mass is 35.5. The molecule has 1 aliphatic rings. The van der Waals surface area contributed by atoms with Gasteiger partial charge in [-0.2, -0.15) is 4.31 Å². The minimum Gasteiger partial charge on any atom is -0.366 e.